The molecule has 7 heteroatoms. The van der Waals surface area contributed by atoms with E-state index < -0.39 is 29.5 Å². The van der Waals surface area contributed by atoms with E-state index in [1.54, 1.807) is 21.0 Å². The molecule has 4 rings (SSSR count). The third-order valence-corrected chi connectivity index (χ3v) is 6.97. The maximum Gasteiger partial charge on any atom is 0.252 e. The van der Waals surface area contributed by atoms with Crippen molar-refractivity contribution in [3.05, 3.63) is 0 Å². The van der Waals surface area contributed by atoms with E-state index in [1.807, 2.05) is 7.05 Å². The Morgan fingerprint density at radius 1 is 1.04 bits per heavy atom. The summed E-state index contributed by atoms with van der Waals surface area (Å²) in [4.78, 5) is 2.20. The molecule has 2 aliphatic carbocycles. The zero-order valence-corrected chi connectivity index (χ0v) is 15.0. The number of fused-ring (bicyclic) bond motifs is 1. The number of rotatable bonds is 3. The lowest BCUT2D eigenvalue weighted by Crippen LogP contribution is -2.72. The summed E-state index contributed by atoms with van der Waals surface area (Å²) in [5.41, 5.74) is -0.176. The minimum atomic E-state index is -2.59. The van der Waals surface area contributed by atoms with Crippen LogP contribution >= 0.6 is 0 Å². The fourth-order valence-corrected chi connectivity index (χ4v) is 4.90. The van der Waals surface area contributed by atoms with E-state index in [0.29, 0.717) is 6.54 Å². The molecular weight excluding hydrogens is 320 g/mol. The molecule has 2 heterocycles. The van der Waals surface area contributed by atoms with Crippen LogP contribution in [0.5, 0.6) is 0 Å². The summed E-state index contributed by atoms with van der Waals surface area (Å²) < 4.78 is 51.6. The van der Waals surface area contributed by atoms with E-state index in [4.69, 9.17) is 18.9 Å². The molecule has 0 bridgehead atoms. The van der Waals surface area contributed by atoms with Gasteiger partial charge in [0, 0.05) is 44.6 Å². The Hall–Kier alpha value is -0.340. The average Bonchev–Trinajstić information content (AvgIpc) is 3.42. The molecule has 6 unspecified atom stereocenters. The van der Waals surface area contributed by atoms with Crippen LogP contribution in [0.25, 0.3) is 0 Å². The number of methoxy groups -OCH3 is 2. The lowest BCUT2D eigenvalue weighted by molar-refractivity contribution is -0.460. The van der Waals surface area contributed by atoms with Crippen LogP contribution in [0.15, 0.2) is 0 Å². The topological polar surface area (TPSA) is 40.2 Å². The SMILES string of the molecule is COC1(C)OC2CN(C)C3(CC3)C(C3CC3(F)F)C2OC1(C)OC. The smallest absolute Gasteiger partial charge is 0.252 e. The molecule has 0 aromatic heterocycles. The first-order valence-electron chi connectivity index (χ1n) is 8.67. The molecule has 2 saturated carbocycles. The Morgan fingerprint density at radius 2 is 1.58 bits per heavy atom. The molecule has 138 valence electrons. The number of alkyl halides is 2. The molecule has 1 spiro atoms. The van der Waals surface area contributed by atoms with Gasteiger partial charge in [0.2, 0.25) is 11.6 Å². The highest BCUT2D eigenvalue weighted by Gasteiger charge is 2.74. The number of likely N-dealkylation sites (tertiary alicyclic amines) is 1. The quantitative estimate of drug-likeness (QED) is 0.783. The fraction of sp³-hybridized carbons (Fsp3) is 1.00. The zero-order chi connectivity index (χ0) is 17.5. The molecule has 0 amide bonds. The van der Waals surface area contributed by atoms with Gasteiger partial charge >= 0.3 is 0 Å². The first kappa shape index (κ1) is 17.1. The molecule has 6 atom stereocenters. The van der Waals surface area contributed by atoms with Gasteiger partial charge in [0.1, 0.15) is 6.10 Å². The predicted octanol–water partition coefficient (Wildman–Crippen LogP) is 2.25. The number of ether oxygens (including phenoxy) is 4. The van der Waals surface area contributed by atoms with E-state index in [1.165, 1.54) is 7.11 Å². The highest BCUT2D eigenvalue weighted by molar-refractivity contribution is 5.21. The number of piperidine rings is 1. The van der Waals surface area contributed by atoms with Crippen molar-refractivity contribution in [1.82, 2.24) is 4.90 Å². The summed E-state index contributed by atoms with van der Waals surface area (Å²) >= 11 is 0. The number of halogens is 2. The average molecular weight is 347 g/mol. The van der Waals surface area contributed by atoms with Crippen molar-refractivity contribution in [1.29, 1.82) is 0 Å². The van der Waals surface area contributed by atoms with Gasteiger partial charge in [-0.25, -0.2) is 8.78 Å². The van der Waals surface area contributed by atoms with Gasteiger partial charge in [-0.2, -0.15) is 0 Å². The molecule has 0 radical (unpaired) electrons. The summed E-state index contributed by atoms with van der Waals surface area (Å²) in [5, 5.41) is 0. The van der Waals surface area contributed by atoms with Crippen LogP contribution in [0.4, 0.5) is 8.78 Å². The monoisotopic (exact) mass is 347 g/mol. The normalized spacial score (nSPS) is 52.1. The van der Waals surface area contributed by atoms with Crippen molar-refractivity contribution < 1.29 is 27.7 Å². The summed E-state index contributed by atoms with van der Waals surface area (Å²) in [7, 11) is 5.08. The summed E-state index contributed by atoms with van der Waals surface area (Å²) in [6.45, 7) is 4.18. The lowest BCUT2D eigenvalue weighted by atomic mass is 9.78. The van der Waals surface area contributed by atoms with Crippen molar-refractivity contribution in [3.8, 4) is 0 Å². The Morgan fingerprint density at radius 3 is 2.04 bits per heavy atom. The van der Waals surface area contributed by atoms with Crippen LogP contribution in [-0.2, 0) is 18.9 Å². The summed E-state index contributed by atoms with van der Waals surface area (Å²) in [5.74, 6) is -5.69. The van der Waals surface area contributed by atoms with E-state index in [9.17, 15) is 8.78 Å². The highest BCUT2D eigenvalue weighted by atomic mass is 19.3. The van der Waals surface area contributed by atoms with Crippen LogP contribution in [0.2, 0.25) is 0 Å². The first-order valence-corrected chi connectivity index (χ1v) is 8.67. The van der Waals surface area contributed by atoms with Crippen LogP contribution in [0, 0.1) is 11.8 Å². The Labute approximate surface area is 141 Å². The molecule has 4 fully saturated rings. The molecule has 4 aliphatic rings. The van der Waals surface area contributed by atoms with Gasteiger partial charge in [-0.05, 0) is 33.7 Å². The largest absolute Gasteiger partial charge is 0.349 e. The minimum Gasteiger partial charge on any atom is -0.349 e. The highest BCUT2D eigenvalue weighted by Crippen LogP contribution is 2.66. The van der Waals surface area contributed by atoms with Gasteiger partial charge in [0.15, 0.2) is 0 Å². The Bertz CT molecular complexity index is 543. The lowest BCUT2D eigenvalue weighted by Gasteiger charge is -2.58. The molecular formula is C17H27F2NO4. The summed E-state index contributed by atoms with van der Waals surface area (Å²) in [6, 6.07) is 0. The number of nitrogens with zero attached hydrogens (tertiary/aromatic N) is 1. The third-order valence-electron chi connectivity index (χ3n) is 6.97. The van der Waals surface area contributed by atoms with Gasteiger partial charge in [-0.1, -0.05) is 0 Å². The number of hydrogen-bond donors (Lipinski definition) is 0. The molecule has 2 aliphatic heterocycles. The van der Waals surface area contributed by atoms with Crippen molar-refractivity contribution >= 4 is 0 Å². The van der Waals surface area contributed by atoms with Gasteiger partial charge < -0.3 is 18.9 Å². The predicted molar refractivity (Wildman–Crippen MR) is 81.7 cm³/mol. The second-order valence-electron chi connectivity index (χ2n) is 8.12. The first-order chi connectivity index (χ1) is 11.1. The Kier molecular flexibility index (Phi) is 3.48. The van der Waals surface area contributed by atoms with Gasteiger partial charge in [-0.15, -0.1) is 0 Å². The van der Waals surface area contributed by atoms with E-state index in [2.05, 4.69) is 4.90 Å². The van der Waals surface area contributed by atoms with Crippen molar-refractivity contribution in [2.45, 2.75) is 68.4 Å². The third kappa shape index (κ3) is 2.08. The Balaban J connectivity index is 1.69. The minimum absolute atomic E-state index is 0.0505. The standard InChI is InChI=1S/C17H27F2NO4/c1-14(21-4)15(2,22-5)24-13-11(23-14)9-20(3)16(6-7-16)12(13)10-8-17(10,18)19/h10-13H,6-9H2,1-5H3. The number of likely N-dealkylation sites (N-methyl/N-ethyl adjacent to an activating group) is 1. The molecule has 5 nitrogen and oxygen atoms in total. The second kappa shape index (κ2) is 4.88. The van der Waals surface area contributed by atoms with Gasteiger partial charge in [0.05, 0.1) is 6.10 Å². The molecule has 0 N–H and O–H groups in total. The van der Waals surface area contributed by atoms with Crippen LogP contribution in [0.1, 0.15) is 33.1 Å². The van der Waals surface area contributed by atoms with Crippen LogP contribution < -0.4 is 0 Å². The summed E-state index contributed by atoms with van der Waals surface area (Å²) in [6.07, 6.45) is 1.12. The van der Waals surface area contributed by atoms with Crippen LogP contribution in [-0.4, -0.2) is 68.0 Å². The number of hydrogen-bond acceptors (Lipinski definition) is 5. The van der Waals surface area contributed by atoms with Crippen LogP contribution in [0.3, 0.4) is 0 Å². The fourth-order valence-electron chi connectivity index (χ4n) is 4.90. The molecule has 24 heavy (non-hydrogen) atoms. The van der Waals surface area contributed by atoms with Crippen molar-refractivity contribution in [2.75, 3.05) is 27.8 Å². The van der Waals surface area contributed by atoms with Gasteiger partial charge in [0.25, 0.3) is 5.92 Å². The van der Waals surface area contributed by atoms with E-state index in [0.717, 1.165) is 12.8 Å². The van der Waals surface area contributed by atoms with Crippen molar-refractivity contribution in [3.63, 3.8) is 0 Å². The maximum absolute atomic E-state index is 14.0. The van der Waals surface area contributed by atoms with Gasteiger partial charge in [-0.3, -0.25) is 4.90 Å². The zero-order valence-electron chi connectivity index (χ0n) is 15.0. The molecule has 2 saturated heterocycles. The van der Waals surface area contributed by atoms with Crippen molar-refractivity contribution in [2.24, 2.45) is 11.8 Å². The van der Waals surface area contributed by atoms with E-state index in [-0.39, 0.29) is 24.0 Å². The second-order valence-corrected chi connectivity index (χ2v) is 8.12. The molecule has 0 aromatic carbocycles. The van der Waals surface area contributed by atoms with E-state index >= 15 is 0 Å². The maximum atomic E-state index is 14.0. The molecule has 0 aromatic rings.